The fourth-order valence-electron chi connectivity index (χ4n) is 1.89. The molecule has 1 aliphatic heterocycles. The van der Waals surface area contributed by atoms with Crippen LogP contribution in [0, 0.1) is 4.91 Å². The Bertz CT molecular complexity index is 535. The maximum absolute atomic E-state index is 12.0. The molecule has 1 saturated heterocycles. The molecule has 1 aromatic rings. The lowest BCUT2D eigenvalue weighted by Crippen LogP contribution is -2.50. The number of carboxylic acids is 1. The van der Waals surface area contributed by atoms with Gasteiger partial charge in [0.2, 0.25) is 0 Å². The molecule has 0 saturated carbocycles. The van der Waals surface area contributed by atoms with Crippen molar-refractivity contribution in [3.63, 3.8) is 0 Å². The van der Waals surface area contributed by atoms with Gasteiger partial charge in [0.15, 0.2) is 6.29 Å². The van der Waals surface area contributed by atoms with E-state index in [1.54, 1.807) is 11.9 Å². The quantitative estimate of drug-likeness (QED) is 0.686. The Labute approximate surface area is 121 Å². The van der Waals surface area contributed by atoms with Crippen molar-refractivity contribution in [3.05, 3.63) is 34.7 Å². The Kier molecular flexibility index (Phi) is 4.84. The van der Waals surface area contributed by atoms with E-state index < -0.39 is 12.2 Å². The number of aromatic carboxylic acids is 1. The van der Waals surface area contributed by atoms with Crippen LogP contribution in [0.15, 0.2) is 24.3 Å². The lowest BCUT2D eigenvalue weighted by molar-refractivity contribution is -0.764. The number of nitrogens with zero attached hydrogens (tertiary/aromatic N) is 2. The van der Waals surface area contributed by atoms with Crippen molar-refractivity contribution >= 4 is 11.7 Å². The molecule has 21 heavy (non-hydrogen) atoms. The van der Waals surface area contributed by atoms with Crippen molar-refractivity contribution in [1.82, 2.24) is 4.90 Å². The highest BCUT2D eigenvalue weighted by atomic mass is 16.8. The van der Waals surface area contributed by atoms with Crippen LogP contribution in [0.25, 0.3) is 0 Å². The number of morpholine rings is 1. The summed E-state index contributed by atoms with van der Waals surface area (Å²) in [5.41, 5.74) is -0.0244. The summed E-state index contributed by atoms with van der Waals surface area (Å²) in [6.07, 6.45) is -0.947. The second-order valence-corrected chi connectivity index (χ2v) is 4.59. The molecule has 8 heteroatoms. The number of hydrogen-bond donors (Lipinski definition) is 0. The molecule has 0 radical (unpaired) electrons. The topological polar surface area (TPSA) is 91.1 Å². The molecular formula is C13H16N2O6. The average Bonchev–Trinajstić information content (AvgIpc) is 2.49. The maximum atomic E-state index is 12.0. The number of carbonyl (C=O) groups excluding carboxylic acids is 1. The summed E-state index contributed by atoms with van der Waals surface area (Å²) in [6.45, 7) is 0.613. The van der Waals surface area contributed by atoms with Gasteiger partial charge in [-0.2, -0.15) is 0 Å². The summed E-state index contributed by atoms with van der Waals surface area (Å²) in [5.74, 6) is -1.36. The Morgan fingerprint density at radius 3 is 2.90 bits per heavy atom. The number of benzene rings is 1. The zero-order chi connectivity index (χ0) is 15.4. The van der Waals surface area contributed by atoms with Crippen molar-refractivity contribution in [3.8, 4) is 0 Å². The van der Waals surface area contributed by atoms with Crippen LogP contribution in [0.2, 0.25) is 0 Å². The van der Waals surface area contributed by atoms with Crippen molar-refractivity contribution in [2.45, 2.75) is 12.5 Å². The number of carbonyl (C=O) groups is 1. The predicted molar refractivity (Wildman–Crippen MR) is 68.3 cm³/mol. The van der Waals surface area contributed by atoms with Crippen LogP contribution in [0.1, 0.15) is 10.4 Å². The fourth-order valence-corrected chi connectivity index (χ4v) is 1.89. The van der Waals surface area contributed by atoms with Gasteiger partial charge in [0.25, 0.3) is 11.2 Å². The second kappa shape index (κ2) is 6.61. The molecule has 0 amide bonds. The SMILES string of the molecule is COC1CN(C)C(O[N+](=O)c2cccc(C(=O)[O-])c2)CO1. The minimum Gasteiger partial charge on any atom is -0.545 e. The summed E-state index contributed by atoms with van der Waals surface area (Å²) >= 11 is 0. The first kappa shape index (κ1) is 15.4. The van der Waals surface area contributed by atoms with E-state index >= 15 is 0 Å². The number of likely N-dealkylation sites (N-methyl/N-ethyl adjacent to an activating group) is 1. The van der Waals surface area contributed by atoms with Crippen LogP contribution in [-0.2, 0) is 14.3 Å². The van der Waals surface area contributed by atoms with E-state index in [9.17, 15) is 14.8 Å². The minimum absolute atomic E-state index is 0.0685. The highest BCUT2D eigenvalue weighted by Crippen LogP contribution is 2.18. The van der Waals surface area contributed by atoms with Gasteiger partial charge in [-0.25, -0.2) is 4.84 Å². The molecule has 0 N–H and O–H groups in total. The van der Waals surface area contributed by atoms with Crippen molar-refractivity contribution in [2.75, 3.05) is 27.3 Å². The van der Waals surface area contributed by atoms with Gasteiger partial charge in [-0.1, -0.05) is 12.1 Å². The molecule has 114 valence electrons. The Morgan fingerprint density at radius 2 is 2.29 bits per heavy atom. The molecule has 2 rings (SSSR count). The molecule has 1 fully saturated rings. The van der Waals surface area contributed by atoms with Crippen LogP contribution in [0.4, 0.5) is 5.69 Å². The van der Waals surface area contributed by atoms with Crippen molar-refractivity contribution < 1.29 is 29.1 Å². The Morgan fingerprint density at radius 1 is 1.52 bits per heavy atom. The van der Waals surface area contributed by atoms with Gasteiger partial charge in [0, 0.05) is 24.8 Å². The van der Waals surface area contributed by atoms with Gasteiger partial charge >= 0.3 is 5.69 Å². The second-order valence-electron chi connectivity index (χ2n) is 4.59. The summed E-state index contributed by atoms with van der Waals surface area (Å²) < 4.78 is 10.4. The molecule has 0 spiro atoms. The van der Waals surface area contributed by atoms with Gasteiger partial charge in [-0.05, 0) is 7.05 Å². The number of rotatable bonds is 5. The molecule has 1 aliphatic rings. The van der Waals surface area contributed by atoms with E-state index in [0.717, 1.165) is 0 Å². The zero-order valence-electron chi connectivity index (χ0n) is 11.7. The Hall–Kier alpha value is -2.03. The average molecular weight is 296 g/mol. The molecule has 2 unspecified atom stereocenters. The van der Waals surface area contributed by atoms with Gasteiger partial charge in [-0.3, -0.25) is 4.90 Å². The predicted octanol–water partition coefficient (Wildman–Crippen LogP) is -0.347. The first-order valence-electron chi connectivity index (χ1n) is 6.31. The first-order valence-corrected chi connectivity index (χ1v) is 6.31. The van der Waals surface area contributed by atoms with Gasteiger partial charge in [0.1, 0.15) is 6.61 Å². The van der Waals surface area contributed by atoms with Gasteiger partial charge in [0.05, 0.1) is 17.4 Å². The highest BCUT2D eigenvalue weighted by Gasteiger charge is 2.33. The summed E-state index contributed by atoms with van der Waals surface area (Å²) in [6, 6.07) is 5.41. The third kappa shape index (κ3) is 3.75. The molecular weight excluding hydrogens is 280 g/mol. The summed E-state index contributed by atoms with van der Waals surface area (Å²) in [7, 11) is 3.30. The number of ether oxygens (including phenoxy) is 2. The monoisotopic (exact) mass is 296 g/mol. The molecule has 8 nitrogen and oxygen atoms in total. The lowest BCUT2D eigenvalue weighted by Gasteiger charge is -2.32. The maximum Gasteiger partial charge on any atom is 0.317 e. The van der Waals surface area contributed by atoms with Gasteiger partial charge in [-0.15, -0.1) is 0 Å². The zero-order valence-corrected chi connectivity index (χ0v) is 11.7. The van der Waals surface area contributed by atoms with E-state index in [0.29, 0.717) is 6.54 Å². The number of hydrogen-bond acceptors (Lipinski definition) is 7. The highest BCUT2D eigenvalue weighted by molar-refractivity contribution is 5.86. The lowest BCUT2D eigenvalue weighted by atomic mass is 10.2. The first-order chi connectivity index (χ1) is 10.0. The van der Waals surface area contributed by atoms with E-state index in [1.807, 2.05) is 0 Å². The molecule has 1 aromatic carbocycles. The number of methoxy groups -OCH3 is 1. The third-order valence-corrected chi connectivity index (χ3v) is 3.13. The van der Waals surface area contributed by atoms with E-state index in [2.05, 4.69) is 0 Å². The fraction of sp³-hybridized carbons (Fsp3) is 0.462. The Balaban J connectivity index is 2.01. The molecule has 0 bridgehead atoms. The van der Waals surface area contributed by atoms with Crippen molar-refractivity contribution in [2.24, 2.45) is 0 Å². The van der Waals surface area contributed by atoms with E-state index in [1.165, 1.54) is 31.4 Å². The third-order valence-electron chi connectivity index (χ3n) is 3.13. The smallest absolute Gasteiger partial charge is 0.317 e. The molecule has 0 aromatic heterocycles. The standard InChI is InChI=1S/C13H16N2O6/c1-14-7-12(19-2)20-8-11(14)21-15(18)10-5-3-4-9(6-10)13(16)17/h3-6,11-12H,7-8H2,1-2H3. The van der Waals surface area contributed by atoms with Crippen molar-refractivity contribution in [1.29, 1.82) is 0 Å². The van der Waals surface area contributed by atoms with E-state index in [4.69, 9.17) is 14.3 Å². The van der Waals surface area contributed by atoms with Crippen LogP contribution in [-0.4, -0.2) is 55.6 Å². The van der Waals surface area contributed by atoms with E-state index in [-0.39, 0.29) is 29.1 Å². The van der Waals surface area contributed by atoms with Gasteiger partial charge < -0.3 is 19.4 Å². The summed E-state index contributed by atoms with van der Waals surface area (Å²) in [5, 5.41) is 10.8. The molecule has 1 heterocycles. The summed E-state index contributed by atoms with van der Waals surface area (Å²) in [4.78, 5) is 30.0. The largest absolute Gasteiger partial charge is 0.545 e. The normalized spacial score (nSPS) is 22.8. The number of carboxylic acid groups (broad SMARTS) is 1. The minimum atomic E-state index is -1.36. The molecule has 0 aliphatic carbocycles. The molecule has 2 atom stereocenters. The van der Waals surface area contributed by atoms with Crippen LogP contribution in [0.3, 0.4) is 0 Å². The van der Waals surface area contributed by atoms with Crippen LogP contribution >= 0.6 is 0 Å². The van der Waals surface area contributed by atoms with Crippen LogP contribution in [0.5, 0.6) is 0 Å². The van der Waals surface area contributed by atoms with Crippen LogP contribution < -0.4 is 5.11 Å².